The Kier molecular flexibility index (Phi) is 3.63. The third-order valence-electron chi connectivity index (χ3n) is 5.80. The number of quaternary nitrogens is 1. The molecule has 4 unspecified atom stereocenters. The lowest BCUT2D eigenvalue weighted by atomic mass is 9.89. The molecule has 2 heterocycles. The third-order valence-corrected chi connectivity index (χ3v) is 5.80. The minimum Gasteiger partial charge on any atom is -0.319 e. The van der Waals surface area contributed by atoms with E-state index in [1.807, 2.05) is 0 Å². The van der Waals surface area contributed by atoms with Gasteiger partial charge in [0.2, 0.25) is 0 Å². The van der Waals surface area contributed by atoms with Gasteiger partial charge in [-0.2, -0.15) is 0 Å². The molecule has 0 aliphatic carbocycles. The minimum absolute atomic E-state index is 0.898. The summed E-state index contributed by atoms with van der Waals surface area (Å²) in [4.78, 5) is 0. The van der Waals surface area contributed by atoms with Crippen LogP contribution in [0, 0.1) is 11.8 Å². The van der Waals surface area contributed by atoms with E-state index in [1.165, 1.54) is 49.7 Å². The molecule has 2 aliphatic heterocycles. The lowest BCUT2D eigenvalue weighted by molar-refractivity contribution is -0.973. The molecule has 4 atom stereocenters. The van der Waals surface area contributed by atoms with Gasteiger partial charge >= 0.3 is 0 Å². The Morgan fingerprint density at radius 1 is 0.688 bits per heavy atom. The van der Waals surface area contributed by atoms with Crippen LogP contribution >= 0.6 is 0 Å². The predicted octanol–water partition coefficient (Wildman–Crippen LogP) is 3.83. The van der Waals surface area contributed by atoms with Crippen LogP contribution in [0.3, 0.4) is 0 Å². The number of hydrogen-bond acceptors (Lipinski definition) is 0. The molecule has 2 aliphatic rings. The van der Waals surface area contributed by atoms with E-state index in [4.69, 9.17) is 0 Å². The van der Waals surface area contributed by atoms with E-state index in [1.54, 1.807) is 0 Å². The Morgan fingerprint density at radius 3 is 1.56 bits per heavy atom. The molecule has 0 aromatic rings. The SMILES string of the molecule is CC1CC(C)[N+]2(CCCCC2)C(C)CC1C. The molecular weight excluding hydrogens is 194 g/mol. The molecular formula is C15H30N+. The summed E-state index contributed by atoms with van der Waals surface area (Å²) in [5.74, 6) is 1.86. The molecule has 1 nitrogen and oxygen atoms in total. The van der Waals surface area contributed by atoms with Gasteiger partial charge in [0, 0.05) is 12.8 Å². The lowest BCUT2D eigenvalue weighted by Crippen LogP contribution is -2.61. The Labute approximate surface area is 102 Å². The predicted molar refractivity (Wildman–Crippen MR) is 70.3 cm³/mol. The second kappa shape index (κ2) is 4.68. The summed E-state index contributed by atoms with van der Waals surface area (Å²) in [7, 11) is 0. The van der Waals surface area contributed by atoms with Gasteiger partial charge in [0.1, 0.15) is 0 Å². The average molecular weight is 224 g/mol. The van der Waals surface area contributed by atoms with Gasteiger partial charge in [0.15, 0.2) is 0 Å². The van der Waals surface area contributed by atoms with Gasteiger partial charge < -0.3 is 4.48 Å². The number of hydrogen-bond donors (Lipinski definition) is 0. The highest BCUT2D eigenvalue weighted by molar-refractivity contribution is 4.77. The van der Waals surface area contributed by atoms with Crippen molar-refractivity contribution in [2.75, 3.05) is 13.1 Å². The van der Waals surface area contributed by atoms with Crippen LogP contribution in [0.2, 0.25) is 0 Å². The Morgan fingerprint density at radius 2 is 1.12 bits per heavy atom. The van der Waals surface area contributed by atoms with Crippen LogP contribution in [0.1, 0.15) is 59.8 Å². The van der Waals surface area contributed by atoms with E-state index in [0.717, 1.165) is 23.9 Å². The molecule has 0 saturated carbocycles. The molecule has 16 heavy (non-hydrogen) atoms. The van der Waals surface area contributed by atoms with Gasteiger partial charge in [-0.25, -0.2) is 0 Å². The van der Waals surface area contributed by atoms with E-state index in [2.05, 4.69) is 27.7 Å². The van der Waals surface area contributed by atoms with E-state index in [0.29, 0.717) is 0 Å². The van der Waals surface area contributed by atoms with Gasteiger partial charge in [-0.05, 0) is 44.9 Å². The summed E-state index contributed by atoms with van der Waals surface area (Å²) in [6, 6.07) is 1.80. The van der Waals surface area contributed by atoms with Crippen molar-refractivity contribution >= 4 is 0 Å². The first kappa shape index (κ1) is 12.4. The van der Waals surface area contributed by atoms with Gasteiger partial charge in [-0.15, -0.1) is 0 Å². The molecule has 0 amide bonds. The molecule has 2 saturated heterocycles. The Hall–Kier alpha value is -0.0400. The van der Waals surface area contributed by atoms with Crippen molar-refractivity contribution in [3.63, 3.8) is 0 Å². The van der Waals surface area contributed by atoms with Crippen molar-refractivity contribution in [3.8, 4) is 0 Å². The number of rotatable bonds is 0. The van der Waals surface area contributed by atoms with Crippen LogP contribution in [0.15, 0.2) is 0 Å². The van der Waals surface area contributed by atoms with Crippen LogP contribution in [0.4, 0.5) is 0 Å². The van der Waals surface area contributed by atoms with Crippen LogP contribution < -0.4 is 0 Å². The van der Waals surface area contributed by atoms with Crippen molar-refractivity contribution in [1.29, 1.82) is 0 Å². The normalized spacial score (nSPS) is 44.2. The van der Waals surface area contributed by atoms with Gasteiger partial charge in [-0.3, -0.25) is 0 Å². The maximum Gasteiger partial charge on any atom is 0.0866 e. The summed E-state index contributed by atoms with van der Waals surface area (Å²) in [6.07, 6.45) is 7.32. The summed E-state index contributed by atoms with van der Waals surface area (Å²) in [6.45, 7) is 12.9. The first-order valence-corrected chi connectivity index (χ1v) is 7.42. The van der Waals surface area contributed by atoms with E-state index in [-0.39, 0.29) is 0 Å². The molecule has 1 heteroatoms. The Bertz CT molecular complexity index is 212. The summed E-state index contributed by atoms with van der Waals surface area (Å²) in [5.41, 5.74) is 0. The monoisotopic (exact) mass is 224 g/mol. The summed E-state index contributed by atoms with van der Waals surface area (Å²) >= 11 is 0. The first-order chi connectivity index (χ1) is 7.56. The largest absolute Gasteiger partial charge is 0.319 e. The molecule has 0 radical (unpaired) electrons. The van der Waals surface area contributed by atoms with Gasteiger partial charge in [-0.1, -0.05) is 13.8 Å². The average Bonchev–Trinajstić information content (AvgIpc) is 2.34. The van der Waals surface area contributed by atoms with Crippen molar-refractivity contribution in [1.82, 2.24) is 0 Å². The van der Waals surface area contributed by atoms with Crippen LogP contribution in [0.25, 0.3) is 0 Å². The Balaban J connectivity index is 2.20. The lowest BCUT2D eigenvalue weighted by Gasteiger charge is -2.49. The standard InChI is InChI=1S/C15H30N/c1-12-10-14(3)16(8-6-5-7-9-16)15(4)11-13(12)2/h12-15H,5-11H2,1-4H3/q+1. The quantitative estimate of drug-likeness (QED) is 0.549. The zero-order valence-electron chi connectivity index (χ0n) is 11.7. The van der Waals surface area contributed by atoms with Crippen molar-refractivity contribution < 1.29 is 4.48 Å². The molecule has 1 spiro atoms. The van der Waals surface area contributed by atoms with Crippen molar-refractivity contribution in [2.24, 2.45) is 11.8 Å². The second-order valence-electron chi connectivity index (χ2n) is 6.73. The smallest absolute Gasteiger partial charge is 0.0866 e. The number of piperidine rings is 1. The fourth-order valence-electron chi connectivity index (χ4n) is 4.38. The second-order valence-corrected chi connectivity index (χ2v) is 6.73. The first-order valence-electron chi connectivity index (χ1n) is 7.42. The van der Waals surface area contributed by atoms with Crippen molar-refractivity contribution in [2.45, 2.75) is 71.9 Å². The summed E-state index contributed by atoms with van der Waals surface area (Å²) in [5, 5.41) is 0. The van der Waals surface area contributed by atoms with E-state index < -0.39 is 0 Å². The van der Waals surface area contributed by atoms with Gasteiger partial charge in [0.25, 0.3) is 0 Å². The molecule has 2 fully saturated rings. The van der Waals surface area contributed by atoms with E-state index >= 15 is 0 Å². The van der Waals surface area contributed by atoms with E-state index in [9.17, 15) is 0 Å². The maximum atomic E-state index is 2.52. The highest BCUT2D eigenvalue weighted by atomic mass is 15.4. The highest BCUT2D eigenvalue weighted by Crippen LogP contribution is 2.38. The highest BCUT2D eigenvalue weighted by Gasteiger charge is 2.44. The fourth-order valence-corrected chi connectivity index (χ4v) is 4.38. The molecule has 0 N–H and O–H groups in total. The summed E-state index contributed by atoms with van der Waals surface area (Å²) < 4.78 is 1.45. The molecule has 0 aromatic heterocycles. The minimum atomic E-state index is 0.898. The maximum absolute atomic E-state index is 2.52. The number of nitrogens with zero attached hydrogens (tertiary/aromatic N) is 1. The molecule has 0 bridgehead atoms. The fraction of sp³-hybridized carbons (Fsp3) is 1.00. The third kappa shape index (κ3) is 2.03. The molecule has 0 aromatic carbocycles. The van der Waals surface area contributed by atoms with Crippen molar-refractivity contribution in [3.05, 3.63) is 0 Å². The van der Waals surface area contributed by atoms with Crippen LogP contribution in [-0.4, -0.2) is 29.7 Å². The topological polar surface area (TPSA) is 0 Å². The van der Waals surface area contributed by atoms with Gasteiger partial charge in [0.05, 0.1) is 25.2 Å². The molecule has 2 rings (SSSR count). The zero-order chi connectivity index (χ0) is 11.8. The van der Waals surface area contributed by atoms with Crippen LogP contribution in [0.5, 0.6) is 0 Å². The molecule has 94 valence electrons. The zero-order valence-corrected chi connectivity index (χ0v) is 11.7. The van der Waals surface area contributed by atoms with Crippen LogP contribution in [-0.2, 0) is 0 Å².